The van der Waals surface area contributed by atoms with Gasteiger partial charge in [-0.25, -0.2) is 9.79 Å². The Bertz CT molecular complexity index is 910. The van der Waals surface area contributed by atoms with Crippen LogP contribution in [0.2, 0.25) is 0 Å². The Labute approximate surface area is 162 Å². The van der Waals surface area contributed by atoms with Gasteiger partial charge in [0, 0.05) is 10.0 Å². The minimum atomic E-state index is -1.07. The second-order valence-electron chi connectivity index (χ2n) is 5.18. The van der Waals surface area contributed by atoms with Crippen molar-refractivity contribution in [3.8, 4) is 5.75 Å². The molecule has 1 amide bonds. The first kappa shape index (κ1) is 18.2. The quantitative estimate of drug-likeness (QED) is 0.701. The van der Waals surface area contributed by atoms with Crippen molar-refractivity contribution in [1.29, 1.82) is 0 Å². The van der Waals surface area contributed by atoms with E-state index in [9.17, 15) is 9.59 Å². The molecule has 1 heterocycles. The van der Waals surface area contributed by atoms with E-state index in [2.05, 4.69) is 26.2 Å². The Balaban J connectivity index is 1.81. The van der Waals surface area contributed by atoms with Gasteiger partial charge in [0.2, 0.25) is 0 Å². The van der Waals surface area contributed by atoms with Crippen molar-refractivity contribution in [1.82, 2.24) is 5.32 Å². The van der Waals surface area contributed by atoms with Gasteiger partial charge < -0.3 is 15.2 Å². The fourth-order valence-electron chi connectivity index (χ4n) is 2.13. The largest absolute Gasteiger partial charge is 0.481 e. The van der Waals surface area contributed by atoms with Crippen LogP contribution in [0.5, 0.6) is 5.75 Å². The number of hydrogen-bond acceptors (Lipinski definition) is 5. The molecule has 26 heavy (non-hydrogen) atoms. The van der Waals surface area contributed by atoms with Crippen LogP contribution in [0.25, 0.3) is 6.08 Å². The summed E-state index contributed by atoms with van der Waals surface area (Å²) in [4.78, 5) is 27.7. The zero-order chi connectivity index (χ0) is 18.5. The number of aliphatic carboxylic acids is 1. The van der Waals surface area contributed by atoms with Crippen molar-refractivity contribution < 1.29 is 19.4 Å². The molecule has 0 unspecified atom stereocenters. The molecule has 1 saturated heterocycles. The second-order valence-corrected chi connectivity index (χ2v) is 7.12. The molecule has 0 aromatic heterocycles. The number of amidine groups is 1. The highest BCUT2D eigenvalue weighted by Gasteiger charge is 2.24. The molecule has 1 aliphatic heterocycles. The van der Waals surface area contributed by atoms with Crippen molar-refractivity contribution in [3.63, 3.8) is 0 Å². The maximum atomic E-state index is 12.2. The van der Waals surface area contributed by atoms with E-state index in [4.69, 9.17) is 9.84 Å². The zero-order valence-corrected chi connectivity index (χ0v) is 15.7. The molecular formula is C18H13BrN2O4S. The molecule has 2 aromatic rings. The van der Waals surface area contributed by atoms with Crippen LogP contribution in [0.15, 0.2) is 62.9 Å². The van der Waals surface area contributed by atoms with E-state index in [1.165, 1.54) is 11.8 Å². The lowest BCUT2D eigenvalue weighted by atomic mass is 10.2. The summed E-state index contributed by atoms with van der Waals surface area (Å²) in [5.74, 6) is -0.933. The molecule has 132 valence electrons. The number of thioether (sulfide) groups is 1. The normalized spacial score (nSPS) is 16.7. The lowest BCUT2D eigenvalue weighted by Gasteiger charge is -2.06. The first-order chi connectivity index (χ1) is 12.5. The summed E-state index contributed by atoms with van der Waals surface area (Å²) < 4.78 is 6.21. The molecule has 0 atom stereocenters. The lowest BCUT2D eigenvalue weighted by Crippen LogP contribution is -2.19. The minimum Gasteiger partial charge on any atom is -0.481 e. The first-order valence-electron chi connectivity index (χ1n) is 7.50. The highest BCUT2D eigenvalue weighted by molar-refractivity contribution is 9.10. The van der Waals surface area contributed by atoms with Crippen molar-refractivity contribution in [3.05, 3.63) is 63.5 Å². The third-order valence-corrected chi connectivity index (χ3v) is 4.70. The van der Waals surface area contributed by atoms with Gasteiger partial charge in [0.15, 0.2) is 11.8 Å². The van der Waals surface area contributed by atoms with Gasteiger partial charge in [-0.3, -0.25) is 4.79 Å². The van der Waals surface area contributed by atoms with Crippen molar-refractivity contribution in [2.45, 2.75) is 0 Å². The number of ether oxygens (including phenoxy) is 1. The monoisotopic (exact) mass is 432 g/mol. The number of carbonyl (C=O) groups is 2. The predicted octanol–water partition coefficient (Wildman–Crippen LogP) is 3.80. The molecule has 0 spiro atoms. The molecule has 3 rings (SSSR count). The smallest absolute Gasteiger partial charge is 0.341 e. The van der Waals surface area contributed by atoms with Gasteiger partial charge in [0.25, 0.3) is 5.91 Å². The standard InChI is InChI=1S/C18H13BrN2O4S/c19-12-5-7-13(8-6-12)20-18-21-17(24)15(26-18)9-11-3-1-2-4-14(11)25-10-16(22)23/h1-9H,10H2,(H,22,23)(H,20,21,24)/b15-9+. The molecule has 2 N–H and O–H groups in total. The zero-order valence-electron chi connectivity index (χ0n) is 13.3. The summed E-state index contributed by atoms with van der Waals surface area (Å²) in [7, 11) is 0. The van der Waals surface area contributed by atoms with Gasteiger partial charge in [-0.05, 0) is 48.2 Å². The molecule has 1 fully saturated rings. The summed E-state index contributed by atoms with van der Waals surface area (Å²) in [5, 5.41) is 12.0. The van der Waals surface area contributed by atoms with Gasteiger partial charge in [-0.2, -0.15) is 0 Å². The van der Waals surface area contributed by atoms with E-state index in [1.54, 1.807) is 30.3 Å². The Hall–Kier alpha value is -2.58. The number of carbonyl (C=O) groups excluding carboxylic acids is 1. The van der Waals surface area contributed by atoms with Crippen LogP contribution in [0, 0.1) is 0 Å². The van der Waals surface area contributed by atoms with Crippen LogP contribution in [-0.4, -0.2) is 28.8 Å². The number of carboxylic acids is 1. The van der Waals surface area contributed by atoms with Crippen LogP contribution in [0.4, 0.5) is 5.69 Å². The Morgan fingerprint density at radius 1 is 1.23 bits per heavy atom. The molecule has 2 aromatic carbocycles. The SMILES string of the molecule is O=C(O)COc1ccccc1/C=C1/SC(=Nc2ccc(Br)cc2)NC1=O. The number of benzene rings is 2. The molecular weight excluding hydrogens is 420 g/mol. The van der Waals surface area contributed by atoms with Gasteiger partial charge in [-0.15, -0.1) is 0 Å². The number of aliphatic imine (C=N–C) groups is 1. The fourth-order valence-corrected chi connectivity index (χ4v) is 3.22. The van der Waals surface area contributed by atoms with E-state index in [-0.39, 0.29) is 5.91 Å². The molecule has 1 aliphatic rings. The third kappa shape index (κ3) is 4.74. The van der Waals surface area contributed by atoms with Crippen molar-refractivity contribution in [2.24, 2.45) is 4.99 Å². The number of amides is 1. The van der Waals surface area contributed by atoms with E-state index in [0.717, 1.165) is 10.2 Å². The highest BCUT2D eigenvalue weighted by atomic mass is 79.9. The number of nitrogens with one attached hydrogen (secondary N) is 1. The topological polar surface area (TPSA) is 88.0 Å². The van der Waals surface area contributed by atoms with Gasteiger partial charge >= 0.3 is 5.97 Å². The number of nitrogens with zero attached hydrogens (tertiary/aromatic N) is 1. The number of rotatable bonds is 5. The van der Waals surface area contributed by atoms with Gasteiger partial charge in [-0.1, -0.05) is 34.1 Å². The molecule has 8 heteroatoms. The summed E-state index contributed by atoms with van der Waals surface area (Å²) in [5.41, 5.74) is 1.35. The van der Waals surface area contributed by atoms with Gasteiger partial charge in [0.1, 0.15) is 5.75 Å². The molecule has 0 radical (unpaired) electrons. The average molecular weight is 433 g/mol. The summed E-state index contributed by atoms with van der Waals surface area (Å²) in [6, 6.07) is 14.3. The number of hydrogen-bond donors (Lipinski definition) is 2. The molecule has 0 bridgehead atoms. The Morgan fingerprint density at radius 2 is 1.96 bits per heavy atom. The highest BCUT2D eigenvalue weighted by Crippen LogP contribution is 2.30. The van der Waals surface area contributed by atoms with Crippen LogP contribution in [0.3, 0.4) is 0 Å². The third-order valence-electron chi connectivity index (χ3n) is 3.26. The number of para-hydroxylation sites is 1. The van der Waals surface area contributed by atoms with E-state index in [1.807, 2.05) is 24.3 Å². The second kappa shape index (κ2) is 8.20. The number of halogens is 1. The number of carboxylic acid groups (broad SMARTS) is 1. The van der Waals surface area contributed by atoms with Crippen LogP contribution >= 0.6 is 27.7 Å². The average Bonchev–Trinajstić information content (AvgIpc) is 2.95. The van der Waals surface area contributed by atoms with Gasteiger partial charge in [0.05, 0.1) is 10.6 Å². The van der Waals surface area contributed by atoms with E-state index >= 15 is 0 Å². The van der Waals surface area contributed by atoms with E-state index < -0.39 is 12.6 Å². The first-order valence-corrected chi connectivity index (χ1v) is 9.11. The molecule has 0 saturated carbocycles. The predicted molar refractivity (Wildman–Crippen MR) is 105 cm³/mol. The van der Waals surface area contributed by atoms with Crippen LogP contribution in [-0.2, 0) is 9.59 Å². The Morgan fingerprint density at radius 3 is 2.69 bits per heavy atom. The fraction of sp³-hybridized carbons (Fsp3) is 0.0556. The lowest BCUT2D eigenvalue weighted by molar-refractivity contribution is -0.139. The van der Waals surface area contributed by atoms with Crippen molar-refractivity contribution in [2.75, 3.05) is 6.61 Å². The Kier molecular flexibility index (Phi) is 5.75. The van der Waals surface area contributed by atoms with Crippen molar-refractivity contribution >= 4 is 56.5 Å². The summed E-state index contributed by atoms with van der Waals surface area (Å²) in [6.45, 7) is -0.449. The minimum absolute atomic E-state index is 0.265. The van der Waals surface area contributed by atoms with Crippen LogP contribution in [0.1, 0.15) is 5.56 Å². The van der Waals surface area contributed by atoms with Crippen LogP contribution < -0.4 is 10.1 Å². The molecule has 0 aliphatic carbocycles. The maximum absolute atomic E-state index is 12.2. The summed E-state index contributed by atoms with van der Waals surface area (Å²) in [6.07, 6.45) is 1.65. The van der Waals surface area contributed by atoms with E-state index in [0.29, 0.717) is 21.4 Å². The molecule has 6 nitrogen and oxygen atoms in total. The summed E-state index contributed by atoms with van der Waals surface area (Å²) >= 11 is 4.57. The maximum Gasteiger partial charge on any atom is 0.341 e.